The number of rotatable bonds is 7. The lowest BCUT2D eigenvalue weighted by Gasteiger charge is -2.09. The predicted octanol–water partition coefficient (Wildman–Crippen LogP) is 4.32. The number of hydrogen-bond donors (Lipinski definition) is 1. The van der Waals surface area contributed by atoms with E-state index in [4.69, 9.17) is 15.2 Å². The Bertz CT molecular complexity index is 797. The van der Waals surface area contributed by atoms with E-state index in [9.17, 15) is 0 Å². The van der Waals surface area contributed by atoms with Gasteiger partial charge in [0.1, 0.15) is 18.1 Å². The standard InChI is InChI=1S/C21H23NO2/c1-2-23-20-8-4-17(5-9-20)15-24-21-10-7-18-13-16(11-12-22)3-6-19(18)14-21/h3-10,13-14H,2,11-12,15,22H2,1H3. The summed E-state index contributed by atoms with van der Waals surface area (Å²) in [7, 11) is 0. The highest BCUT2D eigenvalue weighted by molar-refractivity contribution is 5.84. The van der Waals surface area contributed by atoms with Crippen molar-refractivity contribution >= 4 is 10.8 Å². The van der Waals surface area contributed by atoms with Crippen LogP contribution in [0.2, 0.25) is 0 Å². The summed E-state index contributed by atoms with van der Waals surface area (Å²) in [5.41, 5.74) is 8.02. The number of fused-ring (bicyclic) bond motifs is 1. The summed E-state index contributed by atoms with van der Waals surface area (Å²) in [6.45, 7) is 3.88. The average molecular weight is 321 g/mol. The zero-order chi connectivity index (χ0) is 16.8. The van der Waals surface area contributed by atoms with E-state index in [-0.39, 0.29) is 0 Å². The molecular weight excluding hydrogens is 298 g/mol. The number of ether oxygens (including phenoxy) is 2. The van der Waals surface area contributed by atoms with Gasteiger partial charge in [0.05, 0.1) is 6.61 Å². The smallest absolute Gasteiger partial charge is 0.120 e. The Hall–Kier alpha value is -2.52. The largest absolute Gasteiger partial charge is 0.494 e. The first-order valence-electron chi connectivity index (χ1n) is 8.36. The Morgan fingerprint density at radius 3 is 2.17 bits per heavy atom. The van der Waals surface area contributed by atoms with Gasteiger partial charge in [-0.3, -0.25) is 0 Å². The van der Waals surface area contributed by atoms with Gasteiger partial charge in [-0.05, 0) is 66.1 Å². The van der Waals surface area contributed by atoms with Crippen molar-refractivity contribution in [1.82, 2.24) is 0 Å². The molecule has 0 atom stereocenters. The molecule has 3 aromatic rings. The van der Waals surface area contributed by atoms with Crippen LogP contribution >= 0.6 is 0 Å². The molecule has 124 valence electrons. The molecule has 0 unspecified atom stereocenters. The summed E-state index contributed by atoms with van der Waals surface area (Å²) in [4.78, 5) is 0. The Balaban J connectivity index is 1.67. The maximum Gasteiger partial charge on any atom is 0.120 e. The second-order valence-electron chi connectivity index (χ2n) is 5.75. The summed E-state index contributed by atoms with van der Waals surface area (Å²) in [6.07, 6.45) is 0.909. The third kappa shape index (κ3) is 4.06. The molecule has 0 aliphatic carbocycles. The molecule has 0 spiro atoms. The minimum Gasteiger partial charge on any atom is -0.494 e. The Morgan fingerprint density at radius 2 is 1.42 bits per heavy atom. The molecule has 0 aliphatic heterocycles. The molecule has 0 aromatic heterocycles. The molecular formula is C21H23NO2. The highest BCUT2D eigenvalue weighted by Crippen LogP contribution is 2.23. The molecule has 0 aliphatic rings. The number of hydrogen-bond acceptors (Lipinski definition) is 3. The summed E-state index contributed by atoms with van der Waals surface area (Å²) in [5, 5.41) is 2.40. The molecule has 2 N–H and O–H groups in total. The van der Waals surface area contributed by atoms with E-state index in [2.05, 4.69) is 30.3 Å². The van der Waals surface area contributed by atoms with Crippen molar-refractivity contribution in [3.05, 3.63) is 71.8 Å². The monoisotopic (exact) mass is 321 g/mol. The Kier molecular flexibility index (Phi) is 5.34. The van der Waals surface area contributed by atoms with Crippen LogP contribution in [0.25, 0.3) is 10.8 Å². The molecule has 0 radical (unpaired) electrons. The first kappa shape index (κ1) is 16.3. The van der Waals surface area contributed by atoms with Gasteiger partial charge in [0.15, 0.2) is 0 Å². The first-order valence-corrected chi connectivity index (χ1v) is 8.36. The zero-order valence-electron chi connectivity index (χ0n) is 14.0. The van der Waals surface area contributed by atoms with Crippen LogP contribution in [0, 0.1) is 0 Å². The minimum atomic E-state index is 0.545. The molecule has 3 rings (SSSR count). The molecule has 0 amide bonds. The van der Waals surface area contributed by atoms with Crippen LogP contribution < -0.4 is 15.2 Å². The first-order chi connectivity index (χ1) is 11.8. The minimum absolute atomic E-state index is 0.545. The second kappa shape index (κ2) is 7.84. The van der Waals surface area contributed by atoms with E-state index in [0.29, 0.717) is 19.8 Å². The van der Waals surface area contributed by atoms with Crippen molar-refractivity contribution in [2.75, 3.05) is 13.2 Å². The lowest BCUT2D eigenvalue weighted by molar-refractivity contribution is 0.306. The van der Waals surface area contributed by atoms with E-state index in [1.807, 2.05) is 37.3 Å². The van der Waals surface area contributed by atoms with Crippen LogP contribution in [-0.4, -0.2) is 13.2 Å². The quantitative estimate of drug-likeness (QED) is 0.705. The Morgan fingerprint density at radius 1 is 0.750 bits per heavy atom. The summed E-state index contributed by atoms with van der Waals surface area (Å²) >= 11 is 0. The van der Waals surface area contributed by atoms with E-state index in [1.165, 1.54) is 16.3 Å². The summed E-state index contributed by atoms with van der Waals surface area (Å²) < 4.78 is 11.4. The summed E-state index contributed by atoms with van der Waals surface area (Å²) in [6, 6.07) is 20.7. The molecule has 0 heterocycles. The fraction of sp³-hybridized carbons (Fsp3) is 0.238. The second-order valence-corrected chi connectivity index (χ2v) is 5.75. The maximum atomic E-state index is 5.92. The predicted molar refractivity (Wildman–Crippen MR) is 98.6 cm³/mol. The molecule has 0 fully saturated rings. The van der Waals surface area contributed by atoms with Crippen LogP contribution in [0.15, 0.2) is 60.7 Å². The van der Waals surface area contributed by atoms with Gasteiger partial charge >= 0.3 is 0 Å². The lowest BCUT2D eigenvalue weighted by Crippen LogP contribution is -2.02. The van der Waals surface area contributed by atoms with Crippen molar-refractivity contribution in [2.45, 2.75) is 20.0 Å². The third-order valence-electron chi connectivity index (χ3n) is 3.95. The zero-order valence-corrected chi connectivity index (χ0v) is 14.0. The number of nitrogens with two attached hydrogens (primary N) is 1. The maximum absolute atomic E-state index is 5.92. The molecule has 3 aromatic carbocycles. The van der Waals surface area contributed by atoms with E-state index < -0.39 is 0 Å². The molecule has 3 heteroatoms. The van der Waals surface area contributed by atoms with Crippen LogP contribution in [0.1, 0.15) is 18.1 Å². The van der Waals surface area contributed by atoms with Gasteiger partial charge < -0.3 is 15.2 Å². The van der Waals surface area contributed by atoms with Gasteiger partial charge in [-0.1, -0.05) is 36.4 Å². The van der Waals surface area contributed by atoms with Gasteiger partial charge in [0.2, 0.25) is 0 Å². The van der Waals surface area contributed by atoms with Crippen LogP contribution in [0.5, 0.6) is 11.5 Å². The van der Waals surface area contributed by atoms with Gasteiger partial charge in [0, 0.05) is 0 Å². The van der Waals surface area contributed by atoms with Crippen molar-refractivity contribution < 1.29 is 9.47 Å². The van der Waals surface area contributed by atoms with Gasteiger partial charge in [-0.25, -0.2) is 0 Å². The topological polar surface area (TPSA) is 44.5 Å². The van der Waals surface area contributed by atoms with Crippen LogP contribution in [-0.2, 0) is 13.0 Å². The van der Waals surface area contributed by atoms with Gasteiger partial charge in [-0.2, -0.15) is 0 Å². The van der Waals surface area contributed by atoms with E-state index >= 15 is 0 Å². The highest BCUT2D eigenvalue weighted by atomic mass is 16.5. The average Bonchev–Trinajstić information content (AvgIpc) is 2.61. The normalized spacial score (nSPS) is 10.8. The molecule has 0 bridgehead atoms. The van der Waals surface area contributed by atoms with Crippen molar-refractivity contribution in [1.29, 1.82) is 0 Å². The van der Waals surface area contributed by atoms with Crippen molar-refractivity contribution in [2.24, 2.45) is 5.73 Å². The Labute approximate surface area is 143 Å². The van der Waals surface area contributed by atoms with Crippen LogP contribution in [0.4, 0.5) is 0 Å². The molecule has 0 saturated carbocycles. The molecule has 3 nitrogen and oxygen atoms in total. The molecule has 24 heavy (non-hydrogen) atoms. The SMILES string of the molecule is CCOc1ccc(COc2ccc3cc(CCN)ccc3c2)cc1. The van der Waals surface area contributed by atoms with E-state index in [0.717, 1.165) is 23.5 Å². The molecule has 0 saturated heterocycles. The number of benzene rings is 3. The van der Waals surface area contributed by atoms with E-state index in [1.54, 1.807) is 0 Å². The highest BCUT2D eigenvalue weighted by Gasteiger charge is 2.01. The fourth-order valence-corrected chi connectivity index (χ4v) is 2.70. The summed E-state index contributed by atoms with van der Waals surface area (Å²) in [5.74, 6) is 1.77. The third-order valence-corrected chi connectivity index (χ3v) is 3.95. The van der Waals surface area contributed by atoms with Crippen molar-refractivity contribution in [3.63, 3.8) is 0 Å². The van der Waals surface area contributed by atoms with Crippen LogP contribution in [0.3, 0.4) is 0 Å². The van der Waals surface area contributed by atoms with Gasteiger partial charge in [-0.15, -0.1) is 0 Å². The van der Waals surface area contributed by atoms with Gasteiger partial charge in [0.25, 0.3) is 0 Å². The van der Waals surface area contributed by atoms with Crippen molar-refractivity contribution in [3.8, 4) is 11.5 Å². The fourth-order valence-electron chi connectivity index (χ4n) is 2.70. The lowest BCUT2D eigenvalue weighted by atomic mass is 10.0.